The Balaban J connectivity index is 0.000000168. The summed E-state index contributed by atoms with van der Waals surface area (Å²) in [6.07, 6.45) is 6.66. The summed E-state index contributed by atoms with van der Waals surface area (Å²) < 4.78 is 54.2. The summed E-state index contributed by atoms with van der Waals surface area (Å²) in [5.41, 5.74) is 13.4. The first kappa shape index (κ1) is 92.2. The molecule has 9 aromatic rings. The quantitative estimate of drug-likeness (QED) is 0.0441. The molecule has 0 atom stereocenters. The van der Waals surface area contributed by atoms with E-state index in [1.54, 1.807) is 48.8 Å². The average molecular weight is 1730 g/mol. The fraction of sp³-hybridized carbons (Fsp3) is 0.449. The highest BCUT2D eigenvalue weighted by Gasteiger charge is 2.69. The average Bonchev–Trinajstić information content (AvgIpc) is 1.53. The van der Waals surface area contributed by atoms with Gasteiger partial charge in [0, 0.05) is 205 Å². The van der Waals surface area contributed by atoms with Gasteiger partial charge in [-0.1, -0.05) is 208 Å². The Labute approximate surface area is 734 Å². The van der Waals surface area contributed by atoms with Gasteiger partial charge in [0.15, 0.2) is 0 Å². The molecule has 0 amide bonds. The SMILES string of the molecule is CC(C)c1ccnc(N2CCN(Cc3ccc4c(c3)CCN(Cc3c(F)cccc3Cl)C4)CC2)c1C(=O)O.CCN(Cc1ccc(CN2CCN(c3ncccc3COC(=O)C3C(C)(C)C3(C)C)CC2)cc1)Cc1c(F)cccc1Cl.CCN(Cc1ccc(CN2CCN(c3ncccc3COC(=O)CC(C)(C)C)CC2)cc1)Cc1c(F)cccc1Cl. The summed E-state index contributed by atoms with van der Waals surface area (Å²) in [6, 6.07) is 48.3. The first-order valence-electron chi connectivity index (χ1n) is 43.0. The highest BCUT2D eigenvalue weighted by molar-refractivity contribution is 6.32. The number of fused-ring (bicyclic) bond motifs is 1. The molecule has 14 rings (SSSR count). The van der Waals surface area contributed by atoms with E-state index < -0.39 is 5.97 Å². The second kappa shape index (κ2) is 42.1. The molecule has 5 aliphatic rings. The number of piperazine rings is 3. The lowest BCUT2D eigenvalue weighted by Crippen LogP contribution is -2.46. The largest absolute Gasteiger partial charge is 0.478 e. The predicted molar refractivity (Wildman–Crippen MR) is 482 cm³/mol. The molecule has 24 heteroatoms. The molecule has 0 radical (unpaired) electrons. The van der Waals surface area contributed by atoms with Crippen LogP contribution in [0.15, 0.2) is 170 Å². The molecule has 0 bridgehead atoms. The fourth-order valence-electron chi connectivity index (χ4n) is 17.0. The molecule has 650 valence electrons. The van der Waals surface area contributed by atoms with Crippen LogP contribution in [0.5, 0.6) is 0 Å². The van der Waals surface area contributed by atoms with E-state index in [9.17, 15) is 32.7 Å². The molecule has 6 aromatic carbocycles. The Hall–Kier alpha value is -9.00. The van der Waals surface area contributed by atoms with Crippen LogP contribution in [0, 0.1) is 39.6 Å². The number of ether oxygens (including phenoxy) is 2. The first-order chi connectivity index (χ1) is 58.4. The molecule has 4 aliphatic heterocycles. The Morgan fingerprint density at radius 3 is 1.33 bits per heavy atom. The van der Waals surface area contributed by atoms with Gasteiger partial charge >= 0.3 is 17.9 Å². The Bertz CT molecular complexity index is 4940. The minimum absolute atomic E-state index is 0.0355. The number of esters is 2. The van der Waals surface area contributed by atoms with Crippen molar-refractivity contribution in [3.63, 3.8) is 0 Å². The summed E-state index contributed by atoms with van der Waals surface area (Å²) in [5.74, 6) is 0.471. The summed E-state index contributed by atoms with van der Waals surface area (Å²) in [6.45, 7) is 42.5. The van der Waals surface area contributed by atoms with Crippen molar-refractivity contribution in [1.82, 2.24) is 44.4 Å². The second-order valence-electron chi connectivity index (χ2n) is 35.6. The summed E-state index contributed by atoms with van der Waals surface area (Å²) in [4.78, 5) is 71.5. The van der Waals surface area contributed by atoms with Gasteiger partial charge in [-0.3, -0.25) is 39.0 Å². The van der Waals surface area contributed by atoms with Crippen molar-refractivity contribution in [1.29, 1.82) is 0 Å². The highest BCUT2D eigenvalue weighted by atomic mass is 35.5. The molecule has 0 spiro atoms. The van der Waals surface area contributed by atoms with Gasteiger partial charge in [-0.25, -0.2) is 32.9 Å². The molecule has 3 aromatic heterocycles. The van der Waals surface area contributed by atoms with Crippen LogP contribution < -0.4 is 14.7 Å². The van der Waals surface area contributed by atoms with Crippen molar-refractivity contribution < 1.29 is 42.1 Å². The normalized spacial score (nSPS) is 16.4. The zero-order valence-corrected chi connectivity index (χ0v) is 75.0. The van der Waals surface area contributed by atoms with Crippen molar-refractivity contribution in [3.8, 4) is 0 Å². The molecule has 3 saturated heterocycles. The third kappa shape index (κ3) is 24.3. The number of aromatic carboxylic acids is 1. The van der Waals surface area contributed by atoms with Crippen LogP contribution in [-0.2, 0) is 97.6 Å². The number of carbonyl (C=O) groups excluding carboxylic acids is 2. The molecule has 0 unspecified atom stereocenters. The number of benzene rings is 6. The van der Waals surface area contributed by atoms with Gasteiger partial charge in [0.2, 0.25) is 0 Å². The van der Waals surface area contributed by atoms with Gasteiger partial charge in [-0.15, -0.1) is 0 Å². The number of hydrogen-bond acceptors (Lipinski definition) is 17. The third-order valence-electron chi connectivity index (χ3n) is 24.9. The number of halogens is 6. The van der Waals surface area contributed by atoms with Crippen molar-refractivity contribution in [2.24, 2.45) is 22.2 Å². The van der Waals surface area contributed by atoms with E-state index in [0.29, 0.717) is 69.2 Å². The Kier molecular flexibility index (Phi) is 31.8. The van der Waals surface area contributed by atoms with E-state index in [1.807, 2.05) is 71.1 Å². The molecule has 4 fully saturated rings. The first-order valence-corrected chi connectivity index (χ1v) is 44.1. The maximum atomic E-state index is 14.3. The van der Waals surface area contributed by atoms with Crippen LogP contribution >= 0.6 is 34.8 Å². The molecule has 122 heavy (non-hydrogen) atoms. The van der Waals surface area contributed by atoms with E-state index in [-0.39, 0.29) is 70.7 Å². The lowest BCUT2D eigenvalue weighted by molar-refractivity contribution is -0.148. The van der Waals surface area contributed by atoms with Gasteiger partial charge < -0.3 is 29.3 Å². The van der Waals surface area contributed by atoms with Gasteiger partial charge in [-0.05, 0) is 141 Å². The Morgan fingerprint density at radius 2 is 0.902 bits per heavy atom. The highest BCUT2D eigenvalue weighted by Crippen LogP contribution is 2.68. The minimum Gasteiger partial charge on any atom is -0.478 e. The summed E-state index contributed by atoms with van der Waals surface area (Å²) in [7, 11) is 0. The second-order valence-corrected chi connectivity index (χ2v) is 36.8. The number of rotatable bonds is 29. The smallest absolute Gasteiger partial charge is 0.339 e. The van der Waals surface area contributed by atoms with E-state index in [2.05, 4.69) is 167 Å². The maximum absolute atomic E-state index is 14.3. The van der Waals surface area contributed by atoms with Gasteiger partial charge in [-0.2, -0.15) is 0 Å². The third-order valence-corrected chi connectivity index (χ3v) is 26.0. The fourth-order valence-corrected chi connectivity index (χ4v) is 17.7. The molecule has 18 nitrogen and oxygen atoms in total. The summed E-state index contributed by atoms with van der Waals surface area (Å²) in [5, 5.41) is 11.3. The number of carboxylic acid groups (broad SMARTS) is 1. The number of anilines is 3. The van der Waals surface area contributed by atoms with Crippen LogP contribution in [0.4, 0.5) is 30.6 Å². The van der Waals surface area contributed by atoms with Gasteiger partial charge in [0.05, 0.1) is 12.3 Å². The van der Waals surface area contributed by atoms with Crippen molar-refractivity contribution in [3.05, 3.63) is 281 Å². The number of carboxylic acids is 1. The number of carbonyl (C=O) groups is 3. The molecular formula is C98H120Cl3F3N12O6. The maximum Gasteiger partial charge on any atom is 0.339 e. The number of pyridine rings is 3. The van der Waals surface area contributed by atoms with E-state index in [4.69, 9.17) is 44.3 Å². The van der Waals surface area contributed by atoms with Crippen LogP contribution in [0.2, 0.25) is 15.1 Å². The van der Waals surface area contributed by atoms with E-state index in [0.717, 1.165) is 172 Å². The lowest BCUT2D eigenvalue weighted by Gasteiger charge is -2.36. The van der Waals surface area contributed by atoms with E-state index >= 15 is 0 Å². The number of hydrogen-bond donors (Lipinski definition) is 1. The Morgan fingerprint density at radius 1 is 0.484 bits per heavy atom. The minimum atomic E-state index is -0.913. The molecule has 7 heterocycles. The van der Waals surface area contributed by atoms with Crippen LogP contribution in [-0.4, -0.2) is 166 Å². The number of aromatic nitrogens is 3. The van der Waals surface area contributed by atoms with E-state index in [1.165, 1.54) is 57.1 Å². The van der Waals surface area contributed by atoms with Crippen molar-refractivity contribution in [2.75, 3.05) is 113 Å². The summed E-state index contributed by atoms with van der Waals surface area (Å²) >= 11 is 18.7. The zero-order valence-electron chi connectivity index (χ0n) is 72.7. The monoisotopic (exact) mass is 1720 g/mol. The lowest BCUT2D eigenvalue weighted by atomic mass is 9.92. The molecule has 1 N–H and O–H groups in total. The van der Waals surface area contributed by atoms with Gasteiger partial charge in [0.25, 0.3) is 0 Å². The topological polar surface area (TPSA) is 158 Å². The molecular weight excluding hydrogens is 1600 g/mol. The zero-order chi connectivity index (χ0) is 87.0. The van der Waals surface area contributed by atoms with Crippen molar-refractivity contribution in [2.45, 2.75) is 167 Å². The standard InChI is InChI=1S/C35H44ClFN4O2.C33H42ClFN4O2.C30H34ClFN4O2/c1-6-39(23-28-29(36)10-7-11-30(28)37)21-25-12-14-26(15-13-25)22-40-17-19-41(20-18-40)32-27(9-8-16-38-32)24-43-33(42)31-34(2,3)35(31,4)5;1-5-37(23-28-29(34)9-6-10-30(28)35)21-25-11-13-26(14-12-25)22-38-16-18-39(19-17-38)32-27(8-7-15-36-32)24-41-31(40)20-33(2,3)4;1-20(2)24-8-10-33-29(28(24)30(37)38)36-14-12-34(13-15-36)17-21-6-7-23-18-35(11-9-22(23)16-21)19-25-26(31)4-3-5-27(25)32/h7-16,31H,6,17-24H2,1-5H3;6-15H,5,16-24H2,1-4H3;3-8,10,16,20H,9,11-15,17-19H2,1-2H3,(H,37,38). The number of nitrogens with zero attached hydrogens (tertiary/aromatic N) is 12. The molecule has 1 aliphatic carbocycles. The van der Waals surface area contributed by atoms with Crippen LogP contribution in [0.25, 0.3) is 0 Å². The van der Waals surface area contributed by atoms with Crippen LogP contribution in [0.1, 0.15) is 171 Å². The predicted octanol–water partition coefficient (Wildman–Crippen LogP) is 19.2. The van der Waals surface area contributed by atoms with Gasteiger partial charge in [0.1, 0.15) is 53.7 Å². The van der Waals surface area contributed by atoms with Crippen LogP contribution in [0.3, 0.4) is 0 Å². The molecule has 1 saturated carbocycles. The van der Waals surface area contributed by atoms with Crippen molar-refractivity contribution >= 4 is 70.2 Å².